The van der Waals surface area contributed by atoms with E-state index in [1.165, 1.54) is 11.8 Å². The van der Waals surface area contributed by atoms with Crippen LogP contribution >= 0.6 is 11.8 Å². The van der Waals surface area contributed by atoms with Crippen molar-refractivity contribution in [1.82, 2.24) is 5.32 Å². The fraction of sp³-hybridized carbons (Fsp3) is 0.190. The Labute approximate surface area is 178 Å². The Morgan fingerprint density at radius 1 is 1.17 bits per heavy atom. The van der Waals surface area contributed by atoms with Crippen molar-refractivity contribution in [2.45, 2.75) is 6.92 Å². The van der Waals surface area contributed by atoms with Gasteiger partial charge in [0.15, 0.2) is 23.3 Å². The van der Waals surface area contributed by atoms with Gasteiger partial charge in [0.25, 0.3) is 11.8 Å². The summed E-state index contributed by atoms with van der Waals surface area (Å²) in [4.78, 5) is 28.2. The fourth-order valence-corrected chi connectivity index (χ4v) is 3.40. The van der Waals surface area contributed by atoms with Crippen molar-refractivity contribution in [2.75, 3.05) is 20.3 Å². The third-order valence-electron chi connectivity index (χ3n) is 3.89. The van der Waals surface area contributed by atoms with Crippen LogP contribution < -0.4 is 25.3 Å². The van der Waals surface area contributed by atoms with Crippen LogP contribution in [0, 0.1) is 0 Å². The van der Waals surface area contributed by atoms with Crippen molar-refractivity contribution in [3.63, 3.8) is 0 Å². The summed E-state index contributed by atoms with van der Waals surface area (Å²) in [5.41, 5.74) is 6.57. The molecule has 0 aliphatic carbocycles. The van der Waals surface area contributed by atoms with Crippen LogP contribution in [-0.2, 0) is 9.59 Å². The van der Waals surface area contributed by atoms with Crippen LogP contribution in [0.25, 0.3) is 6.08 Å². The molecule has 0 radical (unpaired) electrons. The van der Waals surface area contributed by atoms with Crippen LogP contribution in [-0.4, -0.2) is 37.3 Å². The van der Waals surface area contributed by atoms with E-state index in [0.29, 0.717) is 33.9 Å². The number of nitrogens with zero attached hydrogens (tertiary/aromatic N) is 1. The van der Waals surface area contributed by atoms with E-state index in [1.54, 1.807) is 55.7 Å². The largest absolute Gasteiger partial charge is 0.497 e. The number of ether oxygens (including phenoxy) is 3. The summed E-state index contributed by atoms with van der Waals surface area (Å²) in [5, 5.41) is 3.24. The molecule has 1 aliphatic heterocycles. The van der Waals surface area contributed by atoms with Crippen LogP contribution in [0.1, 0.15) is 12.5 Å². The first-order chi connectivity index (χ1) is 14.5. The summed E-state index contributed by atoms with van der Waals surface area (Å²) >= 11 is 1.24. The van der Waals surface area contributed by atoms with Gasteiger partial charge in [-0.25, -0.2) is 4.99 Å². The van der Waals surface area contributed by atoms with Gasteiger partial charge in [-0.3, -0.25) is 9.59 Å². The third-order valence-corrected chi connectivity index (χ3v) is 4.80. The number of thioether (sulfide) groups is 1. The maximum absolute atomic E-state index is 12.3. The highest BCUT2D eigenvalue weighted by Gasteiger charge is 2.24. The van der Waals surface area contributed by atoms with Gasteiger partial charge in [0.05, 0.1) is 24.3 Å². The van der Waals surface area contributed by atoms with E-state index >= 15 is 0 Å². The molecule has 9 heteroatoms. The number of primary amides is 1. The van der Waals surface area contributed by atoms with E-state index in [0.717, 1.165) is 11.3 Å². The van der Waals surface area contributed by atoms with Crippen LogP contribution in [0.5, 0.6) is 17.2 Å². The standard InChI is InChI=1S/C21H21N3O5S/c1-3-28-17-10-13(4-9-16(17)29-12-19(22)25)11-18-20(26)24-21(30-18)23-14-5-7-15(27-2)8-6-14/h4-11H,3,12H2,1-2H3,(H2,22,25)(H,23,24,26)/b18-11+. The van der Waals surface area contributed by atoms with E-state index in [1.807, 2.05) is 6.92 Å². The number of hydrogen-bond acceptors (Lipinski definition) is 7. The monoisotopic (exact) mass is 427 g/mol. The first-order valence-electron chi connectivity index (χ1n) is 9.10. The molecule has 2 aromatic rings. The number of hydrogen-bond donors (Lipinski definition) is 2. The van der Waals surface area contributed by atoms with E-state index in [9.17, 15) is 9.59 Å². The van der Waals surface area contributed by atoms with Crippen LogP contribution in [0.4, 0.5) is 5.69 Å². The van der Waals surface area contributed by atoms with E-state index in [4.69, 9.17) is 19.9 Å². The number of carbonyl (C=O) groups is 2. The highest BCUT2D eigenvalue weighted by atomic mass is 32.2. The molecule has 30 heavy (non-hydrogen) atoms. The van der Waals surface area contributed by atoms with Gasteiger partial charge in [0.2, 0.25) is 0 Å². The Kier molecular flexibility index (Phi) is 6.97. The summed E-state index contributed by atoms with van der Waals surface area (Å²) in [5.74, 6) is 0.785. The third kappa shape index (κ3) is 5.54. The molecular weight excluding hydrogens is 406 g/mol. The second-order valence-electron chi connectivity index (χ2n) is 6.07. The number of amides is 2. The molecule has 1 heterocycles. The molecular formula is C21H21N3O5S. The molecule has 2 aromatic carbocycles. The SMILES string of the molecule is CCOc1cc(/C=C2/SC(=Nc3ccc(OC)cc3)NC2=O)ccc1OCC(N)=O. The molecule has 3 rings (SSSR count). The minimum Gasteiger partial charge on any atom is -0.497 e. The Morgan fingerprint density at radius 3 is 2.60 bits per heavy atom. The lowest BCUT2D eigenvalue weighted by molar-refractivity contribution is -0.120. The number of nitrogens with two attached hydrogens (primary N) is 1. The summed E-state index contributed by atoms with van der Waals surface area (Å²) in [7, 11) is 1.60. The average molecular weight is 427 g/mol. The number of nitrogens with one attached hydrogen (secondary N) is 1. The smallest absolute Gasteiger partial charge is 0.264 e. The summed E-state index contributed by atoms with van der Waals surface area (Å²) < 4.78 is 16.1. The van der Waals surface area contributed by atoms with Crippen molar-refractivity contribution in [3.8, 4) is 17.2 Å². The number of amidine groups is 1. The molecule has 1 fully saturated rings. The summed E-state index contributed by atoms with van der Waals surface area (Å²) in [6.07, 6.45) is 1.73. The summed E-state index contributed by atoms with van der Waals surface area (Å²) in [6, 6.07) is 12.4. The lowest BCUT2D eigenvalue weighted by Gasteiger charge is -2.11. The molecule has 2 amide bonds. The lowest BCUT2D eigenvalue weighted by atomic mass is 10.2. The molecule has 0 aromatic heterocycles. The zero-order chi connectivity index (χ0) is 21.5. The van der Waals surface area contributed by atoms with Gasteiger partial charge in [0.1, 0.15) is 5.75 Å². The molecule has 156 valence electrons. The van der Waals surface area contributed by atoms with Gasteiger partial charge in [-0.1, -0.05) is 6.07 Å². The second kappa shape index (κ2) is 9.84. The molecule has 8 nitrogen and oxygen atoms in total. The molecule has 1 saturated heterocycles. The number of methoxy groups -OCH3 is 1. The van der Waals surface area contributed by atoms with Crippen molar-refractivity contribution >= 4 is 40.5 Å². The number of benzene rings is 2. The molecule has 0 atom stereocenters. The van der Waals surface area contributed by atoms with Crippen LogP contribution in [0.3, 0.4) is 0 Å². The van der Waals surface area contributed by atoms with Gasteiger partial charge >= 0.3 is 0 Å². The van der Waals surface area contributed by atoms with Crippen molar-refractivity contribution in [2.24, 2.45) is 10.7 Å². The van der Waals surface area contributed by atoms with E-state index in [-0.39, 0.29) is 12.5 Å². The van der Waals surface area contributed by atoms with Gasteiger partial charge in [0, 0.05) is 0 Å². The van der Waals surface area contributed by atoms with Crippen LogP contribution in [0.2, 0.25) is 0 Å². The molecule has 1 aliphatic rings. The van der Waals surface area contributed by atoms with Gasteiger partial charge in [-0.05, 0) is 66.7 Å². The van der Waals surface area contributed by atoms with Gasteiger partial charge < -0.3 is 25.3 Å². The van der Waals surface area contributed by atoms with Gasteiger partial charge in [-0.15, -0.1) is 0 Å². The Hall–Kier alpha value is -3.46. The molecule has 0 saturated carbocycles. The molecule has 0 bridgehead atoms. The lowest BCUT2D eigenvalue weighted by Crippen LogP contribution is -2.20. The predicted octanol–water partition coefficient (Wildman–Crippen LogP) is 2.85. The van der Waals surface area contributed by atoms with Crippen molar-refractivity contribution in [3.05, 3.63) is 52.9 Å². The number of carbonyl (C=O) groups excluding carboxylic acids is 2. The average Bonchev–Trinajstić information content (AvgIpc) is 3.06. The quantitative estimate of drug-likeness (QED) is 0.627. The highest BCUT2D eigenvalue weighted by Crippen LogP contribution is 2.32. The zero-order valence-corrected chi connectivity index (χ0v) is 17.3. The molecule has 0 unspecified atom stereocenters. The minimum absolute atomic E-state index is 0.237. The normalized spacial score (nSPS) is 15.9. The maximum Gasteiger partial charge on any atom is 0.264 e. The van der Waals surface area contributed by atoms with Crippen molar-refractivity contribution < 1.29 is 23.8 Å². The Balaban J connectivity index is 1.78. The number of aliphatic imine (C=N–C) groups is 1. The van der Waals surface area contributed by atoms with Gasteiger partial charge in [-0.2, -0.15) is 0 Å². The first-order valence-corrected chi connectivity index (χ1v) is 9.91. The first kappa shape index (κ1) is 21.3. The van der Waals surface area contributed by atoms with Crippen LogP contribution in [0.15, 0.2) is 52.4 Å². The van der Waals surface area contributed by atoms with Crippen molar-refractivity contribution in [1.29, 1.82) is 0 Å². The maximum atomic E-state index is 12.3. The highest BCUT2D eigenvalue weighted by molar-refractivity contribution is 8.18. The molecule has 3 N–H and O–H groups in total. The van der Waals surface area contributed by atoms with E-state index in [2.05, 4.69) is 10.3 Å². The zero-order valence-electron chi connectivity index (χ0n) is 16.5. The topological polar surface area (TPSA) is 112 Å². The molecule has 0 spiro atoms. The Bertz CT molecular complexity index is 1000. The minimum atomic E-state index is -0.577. The second-order valence-corrected chi connectivity index (χ2v) is 7.10. The predicted molar refractivity (Wildman–Crippen MR) is 116 cm³/mol. The summed E-state index contributed by atoms with van der Waals surface area (Å²) in [6.45, 7) is 2.01. The van der Waals surface area contributed by atoms with E-state index < -0.39 is 5.91 Å². The fourth-order valence-electron chi connectivity index (χ4n) is 2.56. The number of rotatable bonds is 8. The Morgan fingerprint density at radius 2 is 1.93 bits per heavy atom.